The van der Waals surface area contributed by atoms with Crippen LogP contribution in [-0.4, -0.2) is 43.6 Å². The zero-order chi connectivity index (χ0) is 34.8. The first-order valence-corrected chi connectivity index (χ1v) is 14.6. The van der Waals surface area contributed by atoms with Crippen molar-refractivity contribution in [2.45, 2.75) is 0 Å². The van der Waals surface area contributed by atoms with Crippen LogP contribution in [0.3, 0.4) is 0 Å². The molecule has 0 saturated carbocycles. The van der Waals surface area contributed by atoms with E-state index >= 15 is 0 Å². The van der Waals surface area contributed by atoms with Gasteiger partial charge >= 0.3 is 17.9 Å². The third-order valence-corrected chi connectivity index (χ3v) is 7.75. The van der Waals surface area contributed by atoms with Crippen LogP contribution in [-0.2, 0) is 34.8 Å². The molecule has 255 valence electrons. The average molecular weight is 861 g/mol. The Morgan fingerprint density at radius 3 is 2.04 bits per heavy atom. The summed E-state index contributed by atoms with van der Waals surface area (Å²) in [5.74, 6) is -2.65. The van der Waals surface area contributed by atoms with E-state index in [0.29, 0.717) is 33.7 Å². The van der Waals surface area contributed by atoms with Crippen LogP contribution in [0.5, 0.6) is 0 Å². The largest absolute Gasteiger partial charge is 0.500 e. The van der Waals surface area contributed by atoms with Crippen molar-refractivity contribution in [2.75, 3.05) is 0 Å². The topological polar surface area (TPSA) is 192 Å². The summed E-state index contributed by atoms with van der Waals surface area (Å²) in [5.41, 5.74) is 5.44. The smallest absolute Gasteiger partial charge is 0.374 e. The molecule has 0 unspecified atom stereocenters. The number of para-hydroxylation sites is 1. The summed E-state index contributed by atoms with van der Waals surface area (Å²) in [6.45, 7) is 0. The molecule has 8 aromatic rings. The van der Waals surface area contributed by atoms with Crippen molar-refractivity contribution in [3.63, 3.8) is 0 Å². The van der Waals surface area contributed by atoms with Gasteiger partial charge in [-0.25, -0.2) is 14.8 Å². The fraction of sp³-hybridized carbons (Fsp3) is 0. The molecule has 4 heterocycles. The molecule has 0 spiro atoms. The summed E-state index contributed by atoms with van der Waals surface area (Å²) in [7, 11) is 0. The zero-order valence-electron chi connectivity index (χ0n) is 25.7. The number of benzene rings is 4. The van der Waals surface area contributed by atoms with Crippen LogP contribution >= 0.6 is 0 Å². The number of furan rings is 2. The fourth-order valence-corrected chi connectivity index (χ4v) is 5.39. The molecule has 0 amide bonds. The number of aromatic nitrogens is 2. The Kier molecular flexibility index (Phi) is 9.95. The van der Waals surface area contributed by atoms with E-state index in [4.69, 9.17) is 24.6 Å². The summed E-state index contributed by atoms with van der Waals surface area (Å²) in [5, 5.41) is 29.0. The normalized spacial score (nSPS) is 10.7. The minimum atomic E-state index is -0.908. The maximum atomic E-state index is 11.7. The number of nitrogens with zero attached hydrogens (tertiary/aromatic N) is 2. The van der Waals surface area contributed by atoms with Crippen molar-refractivity contribution >= 4 is 61.8 Å². The number of carbonyl (C=O) groups is 3. The van der Waals surface area contributed by atoms with Gasteiger partial charge in [-0.2, -0.15) is 10.5 Å². The maximum Gasteiger partial charge on any atom is 0.374 e. The second-order valence-electron chi connectivity index (χ2n) is 10.6. The van der Waals surface area contributed by atoms with E-state index in [2.05, 4.69) is 42.8 Å². The molecule has 13 nitrogen and oxygen atoms in total. The van der Waals surface area contributed by atoms with Crippen LogP contribution in [0.4, 0.5) is 0 Å². The second kappa shape index (κ2) is 14.7. The molecule has 14 heteroatoms. The molecule has 4 aromatic carbocycles. The van der Waals surface area contributed by atoms with Gasteiger partial charge in [0, 0.05) is 54.7 Å². The van der Waals surface area contributed by atoms with Gasteiger partial charge in [0.2, 0.25) is 0 Å². The molecule has 1 radical (unpaired) electrons. The minimum absolute atomic E-state index is 0. The number of pyridine rings is 2. The molecule has 0 aliphatic rings. The summed E-state index contributed by atoms with van der Waals surface area (Å²) >= 11 is 0. The summed E-state index contributed by atoms with van der Waals surface area (Å²) in [4.78, 5) is 53.0. The van der Waals surface area contributed by atoms with E-state index in [9.17, 15) is 14.4 Å². The van der Waals surface area contributed by atoms with Gasteiger partial charge in [-0.15, -0.1) is 48.0 Å². The number of rotatable bonds is 5. The van der Waals surface area contributed by atoms with E-state index in [-0.39, 0.29) is 36.8 Å². The Balaban J connectivity index is 0.000000188. The van der Waals surface area contributed by atoms with E-state index in [1.807, 2.05) is 36.4 Å². The van der Waals surface area contributed by atoms with Crippen molar-refractivity contribution in [1.82, 2.24) is 9.97 Å². The van der Waals surface area contributed by atoms with Gasteiger partial charge in [0.25, 0.3) is 0 Å². The molecule has 0 bridgehead atoms. The predicted molar refractivity (Wildman–Crippen MR) is 176 cm³/mol. The molecule has 3 N–H and O–H groups in total. The minimum Gasteiger partial charge on any atom is -0.500 e. The molecule has 0 atom stereocenters. The first-order valence-electron chi connectivity index (χ1n) is 14.6. The van der Waals surface area contributed by atoms with Gasteiger partial charge in [-0.1, -0.05) is 47.3 Å². The van der Waals surface area contributed by atoms with Crippen molar-refractivity contribution in [3.05, 3.63) is 132 Å². The van der Waals surface area contributed by atoms with Crippen LogP contribution < -0.4 is 0 Å². The quantitative estimate of drug-likeness (QED) is 0.0659. The molecule has 0 aliphatic heterocycles. The number of hydrogen-bond acceptors (Lipinski definition) is 13. The van der Waals surface area contributed by atoms with Crippen molar-refractivity contribution in [3.8, 4) is 22.5 Å². The van der Waals surface area contributed by atoms with Gasteiger partial charge < -0.3 is 23.7 Å². The van der Waals surface area contributed by atoms with E-state index in [1.54, 1.807) is 12.1 Å². The van der Waals surface area contributed by atoms with Crippen molar-refractivity contribution in [2.24, 2.45) is 0 Å². The fourth-order valence-electron chi connectivity index (χ4n) is 5.39. The average Bonchev–Trinajstić information content (AvgIpc) is 3.73. The zero-order valence-corrected chi connectivity index (χ0v) is 28.0. The van der Waals surface area contributed by atoms with Crippen LogP contribution in [0.2, 0.25) is 0 Å². The predicted octanol–water partition coefficient (Wildman–Crippen LogP) is 7.78. The Labute approximate surface area is 299 Å². The first-order chi connectivity index (χ1) is 24.4. The monoisotopic (exact) mass is 861 g/mol. The number of fused-ring (bicyclic) bond motifs is 6. The second-order valence-corrected chi connectivity index (χ2v) is 10.6. The Morgan fingerprint density at radius 1 is 0.608 bits per heavy atom. The Morgan fingerprint density at radius 2 is 1.31 bits per heavy atom. The molecular weight excluding hydrogens is 841 g/mol. The first kappa shape index (κ1) is 34.6. The Bertz CT molecular complexity index is 2500. The standard InChI is InChI=1S/C24H12NO5.C13H8NO6.Ir/c26-24(30-27)13-8-9-25-19(10-13)16-6-3-5-15-18-11-17-14-4-1-2-7-20(14)28-21(17)12-22(18)29-23(15)16;15-12(19-17)9-3-1-8(2-4-9)11-6-5-10(7-14-11)13(16)20-18;/h1-5,7-12,27H;1,3-7,17-18H;/q2*-1;. The van der Waals surface area contributed by atoms with E-state index in [0.717, 1.165) is 32.7 Å². The van der Waals surface area contributed by atoms with Gasteiger partial charge in [0.15, 0.2) is 0 Å². The number of hydrogen-bond donors (Lipinski definition) is 3. The van der Waals surface area contributed by atoms with Crippen LogP contribution in [0, 0.1) is 12.1 Å². The van der Waals surface area contributed by atoms with E-state index in [1.165, 1.54) is 48.8 Å². The summed E-state index contributed by atoms with van der Waals surface area (Å²) in [6.07, 6.45) is 2.70. The third-order valence-electron chi connectivity index (χ3n) is 7.75. The summed E-state index contributed by atoms with van der Waals surface area (Å²) < 4.78 is 12.1. The van der Waals surface area contributed by atoms with Gasteiger partial charge in [-0.05, 0) is 35.2 Å². The van der Waals surface area contributed by atoms with E-state index < -0.39 is 17.9 Å². The molecule has 0 aliphatic carbocycles. The third kappa shape index (κ3) is 6.68. The summed E-state index contributed by atoms with van der Waals surface area (Å²) in [6, 6.07) is 31.8. The van der Waals surface area contributed by atoms with Crippen LogP contribution in [0.25, 0.3) is 66.4 Å². The molecule has 4 aromatic heterocycles. The SMILES string of the molecule is O=C(OO)c1c[c-]c(-c2ccc(C(=O)OO)cn2)cc1.O=C(OO)c1ccnc(-c2[c-]ccc3c2oc2cc4oc5ccccc5c4cc23)c1.[Ir]. The van der Waals surface area contributed by atoms with Gasteiger partial charge in [-0.3, -0.25) is 14.6 Å². The van der Waals surface area contributed by atoms with Crippen molar-refractivity contribution < 1.29 is 73.8 Å². The molecule has 0 fully saturated rings. The van der Waals surface area contributed by atoms with Crippen LogP contribution in [0.1, 0.15) is 31.1 Å². The molecule has 51 heavy (non-hydrogen) atoms. The molecule has 0 saturated heterocycles. The molecular formula is C37H20IrN2O11-2. The Hall–Kier alpha value is -6.28. The maximum absolute atomic E-state index is 11.7. The van der Waals surface area contributed by atoms with Crippen molar-refractivity contribution in [1.29, 1.82) is 0 Å². The molecule has 8 rings (SSSR count). The number of carbonyl (C=O) groups excluding carboxylic acids is 3. The van der Waals surface area contributed by atoms with Gasteiger partial charge in [0.1, 0.15) is 16.7 Å². The van der Waals surface area contributed by atoms with Crippen LogP contribution in [0.15, 0.2) is 112 Å². The van der Waals surface area contributed by atoms with Gasteiger partial charge in [0.05, 0.1) is 16.7 Å².